The third-order valence-corrected chi connectivity index (χ3v) is 7.63. The van der Waals surface area contributed by atoms with Crippen LogP contribution in [0.4, 0.5) is 0 Å². The number of nitrogens with zero attached hydrogens (tertiary/aromatic N) is 2. The second-order valence-corrected chi connectivity index (χ2v) is 10.3. The lowest BCUT2D eigenvalue weighted by molar-refractivity contribution is -0.114. The average Bonchev–Trinajstić information content (AvgIpc) is 3.27. The summed E-state index contributed by atoms with van der Waals surface area (Å²) in [4.78, 5) is 26.2. The maximum absolute atomic E-state index is 13.2. The summed E-state index contributed by atoms with van der Waals surface area (Å²) in [6, 6.07) is 14.9. The summed E-state index contributed by atoms with van der Waals surface area (Å²) in [5.74, 6) is -0.0540. The van der Waals surface area contributed by atoms with E-state index in [-0.39, 0.29) is 35.6 Å². The zero-order valence-corrected chi connectivity index (χ0v) is 24.7. The van der Waals surface area contributed by atoms with Crippen molar-refractivity contribution in [3.63, 3.8) is 0 Å². The minimum Gasteiger partial charge on any atom is -0.490 e. The normalized spacial score (nSPS) is 10.8. The highest BCUT2D eigenvalue weighted by Crippen LogP contribution is 2.36. The first-order valence-electron chi connectivity index (χ1n) is 12.9. The number of ketones is 1. The number of benzene rings is 2. The minimum atomic E-state index is -0.545. The third kappa shape index (κ3) is 7.64. The van der Waals surface area contributed by atoms with Crippen LogP contribution in [0.15, 0.2) is 54.6 Å². The van der Waals surface area contributed by atoms with Crippen LogP contribution in [0.2, 0.25) is 5.02 Å². The number of ether oxygens (including phenoxy) is 3. The molecule has 1 aromatic heterocycles. The number of nitriles is 2. The Bertz CT molecular complexity index is 1580. The van der Waals surface area contributed by atoms with Crippen molar-refractivity contribution in [3.8, 4) is 23.6 Å². The monoisotopic (exact) mass is 588 g/mol. The van der Waals surface area contributed by atoms with Gasteiger partial charge in [-0.2, -0.15) is 10.5 Å². The molecule has 0 N–H and O–H groups in total. The Morgan fingerprint density at radius 1 is 1.10 bits per heavy atom. The highest BCUT2D eigenvalue weighted by molar-refractivity contribution is 7.14. The van der Waals surface area contributed by atoms with Crippen molar-refractivity contribution >= 4 is 40.8 Å². The Morgan fingerprint density at radius 2 is 1.85 bits per heavy atom. The smallest absolute Gasteiger partial charge is 0.348 e. The highest BCUT2D eigenvalue weighted by Gasteiger charge is 2.24. The summed E-state index contributed by atoms with van der Waals surface area (Å²) in [7, 11) is 0. The van der Waals surface area contributed by atoms with Gasteiger partial charge in [-0.3, -0.25) is 4.79 Å². The van der Waals surface area contributed by atoms with E-state index in [4.69, 9.17) is 25.8 Å². The van der Waals surface area contributed by atoms with Crippen molar-refractivity contribution < 1.29 is 23.8 Å². The van der Waals surface area contributed by atoms with Crippen LogP contribution in [-0.4, -0.2) is 25.0 Å². The van der Waals surface area contributed by atoms with Gasteiger partial charge in [-0.25, -0.2) is 4.79 Å². The number of thiophene rings is 1. The molecule has 0 spiro atoms. The molecule has 0 atom stereocenters. The van der Waals surface area contributed by atoms with E-state index in [9.17, 15) is 20.1 Å². The van der Waals surface area contributed by atoms with E-state index >= 15 is 0 Å². The Kier molecular flexibility index (Phi) is 11.3. The van der Waals surface area contributed by atoms with Crippen molar-refractivity contribution in [3.05, 3.63) is 97.2 Å². The molecular formula is C32H29ClN2O5S. The topological polar surface area (TPSA) is 109 Å². The molecule has 3 rings (SSSR count). The van der Waals surface area contributed by atoms with Crippen LogP contribution in [0, 0.1) is 29.6 Å². The molecule has 0 aliphatic rings. The number of esters is 1. The Labute approximate surface area is 248 Å². The SMILES string of the molecule is C=CCc1cc(/C=C(/C#N)C(=O)Cc2sc(C(=O)OCC)c(C)c2C#N)cc(OCC)c1OCc1ccccc1Cl. The van der Waals surface area contributed by atoms with Crippen LogP contribution in [0.1, 0.15) is 56.2 Å². The molecule has 7 nitrogen and oxygen atoms in total. The van der Waals surface area contributed by atoms with Crippen LogP contribution in [0.3, 0.4) is 0 Å². The van der Waals surface area contributed by atoms with Gasteiger partial charge < -0.3 is 14.2 Å². The van der Waals surface area contributed by atoms with Gasteiger partial charge >= 0.3 is 5.97 Å². The summed E-state index contributed by atoms with van der Waals surface area (Å²) in [6.07, 6.45) is 3.45. The van der Waals surface area contributed by atoms with E-state index < -0.39 is 11.8 Å². The number of rotatable bonds is 13. The molecule has 41 heavy (non-hydrogen) atoms. The zero-order valence-electron chi connectivity index (χ0n) is 23.1. The minimum absolute atomic E-state index is 0.102. The lowest BCUT2D eigenvalue weighted by Gasteiger charge is -2.17. The standard InChI is InChI=1S/C32H29ClN2O5S/c1-5-10-22-13-21(15-28(38-6-2)30(22)40-19-23-11-8-9-12-26(23)33)14-24(17-34)27(36)16-29-25(18-35)20(4)31(41-29)32(37)39-7-3/h5,8-9,11-15H,1,6-7,10,16,19H2,2-4H3/b24-14-. The molecule has 1 heterocycles. The Balaban J connectivity index is 1.96. The van der Waals surface area contributed by atoms with E-state index in [1.807, 2.05) is 37.3 Å². The molecular weight excluding hydrogens is 560 g/mol. The molecule has 9 heteroatoms. The van der Waals surface area contributed by atoms with Gasteiger partial charge in [-0.15, -0.1) is 17.9 Å². The molecule has 210 valence electrons. The van der Waals surface area contributed by atoms with Crippen LogP contribution in [-0.2, 0) is 29.0 Å². The molecule has 0 unspecified atom stereocenters. The predicted octanol–water partition coefficient (Wildman–Crippen LogP) is 7.18. The van der Waals surface area contributed by atoms with Crippen molar-refractivity contribution in [2.45, 2.75) is 40.2 Å². The molecule has 0 amide bonds. The van der Waals surface area contributed by atoms with E-state index in [2.05, 4.69) is 12.6 Å². The van der Waals surface area contributed by atoms with Crippen LogP contribution in [0.25, 0.3) is 6.08 Å². The van der Waals surface area contributed by atoms with Gasteiger partial charge in [0.25, 0.3) is 0 Å². The number of halogens is 1. The van der Waals surface area contributed by atoms with Crippen molar-refractivity contribution in [1.29, 1.82) is 10.5 Å². The van der Waals surface area contributed by atoms with E-state index in [1.165, 1.54) is 6.08 Å². The van der Waals surface area contributed by atoms with E-state index in [0.29, 0.717) is 45.6 Å². The largest absolute Gasteiger partial charge is 0.490 e. The van der Waals surface area contributed by atoms with Gasteiger partial charge in [-0.1, -0.05) is 35.9 Å². The van der Waals surface area contributed by atoms with Crippen molar-refractivity contribution in [1.82, 2.24) is 0 Å². The molecule has 2 aromatic carbocycles. The lowest BCUT2D eigenvalue weighted by Crippen LogP contribution is -2.06. The molecule has 0 radical (unpaired) electrons. The maximum Gasteiger partial charge on any atom is 0.348 e. The fourth-order valence-corrected chi connectivity index (χ4v) is 5.42. The second-order valence-electron chi connectivity index (χ2n) is 8.77. The number of hydrogen-bond acceptors (Lipinski definition) is 8. The van der Waals surface area contributed by atoms with Crippen molar-refractivity contribution in [2.75, 3.05) is 13.2 Å². The number of carbonyl (C=O) groups excluding carboxylic acids is 2. The lowest BCUT2D eigenvalue weighted by atomic mass is 10.00. The average molecular weight is 589 g/mol. The Hall–Kier alpha value is -4.37. The molecule has 0 saturated carbocycles. The predicted molar refractivity (Wildman–Crippen MR) is 159 cm³/mol. The molecule has 0 aliphatic carbocycles. The first-order chi connectivity index (χ1) is 19.8. The highest BCUT2D eigenvalue weighted by atomic mass is 35.5. The molecule has 0 aliphatic heterocycles. The van der Waals surface area contributed by atoms with Crippen LogP contribution < -0.4 is 9.47 Å². The third-order valence-electron chi connectivity index (χ3n) is 5.99. The van der Waals surface area contributed by atoms with Gasteiger partial charge in [0.1, 0.15) is 23.6 Å². The van der Waals surface area contributed by atoms with Gasteiger partial charge in [-0.05, 0) is 62.6 Å². The molecule has 0 fully saturated rings. The maximum atomic E-state index is 13.2. The van der Waals surface area contributed by atoms with Gasteiger partial charge in [0.15, 0.2) is 17.3 Å². The molecule has 0 saturated heterocycles. The number of hydrogen-bond donors (Lipinski definition) is 0. The van der Waals surface area contributed by atoms with Gasteiger partial charge in [0, 0.05) is 27.4 Å². The quantitative estimate of drug-likeness (QED) is 0.0899. The number of Topliss-reactive ketones (excluding diaryl/α,β-unsaturated/α-hetero) is 1. The van der Waals surface area contributed by atoms with Crippen LogP contribution in [0.5, 0.6) is 11.5 Å². The van der Waals surface area contributed by atoms with E-state index in [0.717, 1.165) is 22.5 Å². The second kappa shape index (κ2) is 14.9. The molecule has 3 aromatic rings. The van der Waals surface area contributed by atoms with E-state index in [1.54, 1.807) is 32.1 Å². The Morgan fingerprint density at radius 3 is 2.49 bits per heavy atom. The van der Waals surface area contributed by atoms with Crippen LogP contribution >= 0.6 is 22.9 Å². The fraction of sp³-hybridized carbons (Fsp3) is 0.250. The molecule has 0 bridgehead atoms. The van der Waals surface area contributed by atoms with Gasteiger partial charge in [0.2, 0.25) is 0 Å². The van der Waals surface area contributed by atoms with Gasteiger partial charge in [0.05, 0.1) is 24.4 Å². The summed E-state index contributed by atoms with van der Waals surface area (Å²) in [5, 5.41) is 20.1. The summed E-state index contributed by atoms with van der Waals surface area (Å²) >= 11 is 7.33. The first-order valence-corrected chi connectivity index (χ1v) is 14.1. The zero-order chi connectivity index (χ0) is 29.9. The van der Waals surface area contributed by atoms with Crippen molar-refractivity contribution in [2.24, 2.45) is 0 Å². The number of allylic oxidation sites excluding steroid dienone is 2. The summed E-state index contributed by atoms with van der Waals surface area (Å²) < 4.78 is 17.1. The number of carbonyl (C=O) groups is 2. The summed E-state index contributed by atoms with van der Waals surface area (Å²) in [6.45, 7) is 9.79. The summed E-state index contributed by atoms with van der Waals surface area (Å²) in [5.41, 5.74) is 2.74. The fourth-order valence-electron chi connectivity index (χ4n) is 4.08. The first kappa shape index (κ1) is 31.2.